The number of nitrogens with two attached hydrogens (primary N) is 2. The van der Waals surface area contributed by atoms with Gasteiger partial charge in [-0.05, 0) is 101 Å². The Morgan fingerprint density at radius 1 is 1.00 bits per heavy atom. The first kappa shape index (κ1) is 23.0. The number of hydrogen-bond donors (Lipinski definition) is 3. The molecule has 7 heteroatoms. The number of imidazole rings is 1. The maximum atomic E-state index is 6.12. The van der Waals surface area contributed by atoms with Crippen molar-refractivity contribution in [3.05, 3.63) is 42.2 Å². The molecule has 0 spiro atoms. The normalized spacial score (nSPS) is 25.4. The molecule has 0 bridgehead atoms. The summed E-state index contributed by atoms with van der Waals surface area (Å²) in [5.74, 6) is 3.58. The Labute approximate surface area is 202 Å². The molecule has 3 aromatic rings. The van der Waals surface area contributed by atoms with Gasteiger partial charge in [-0.3, -0.25) is 0 Å². The largest absolute Gasteiger partial charge is 0.494 e. The molecule has 0 saturated heterocycles. The van der Waals surface area contributed by atoms with Crippen molar-refractivity contribution >= 4 is 22.8 Å². The van der Waals surface area contributed by atoms with Crippen LogP contribution >= 0.6 is 0 Å². The highest BCUT2D eigenvalue weighted by molar-refractivity contribution is 5.75. The second-order valence-electron chi connectivity index (χ2n) is 10.2. The van der Waals surface area contributed by atoms with E-state index in [2.05, 4.69) is 16.6 Å². The van der Waals surface area contributed by atoms with Crippen molar-refractivity contribution in [2.75, 3.05) is 17.7 Å². The zero-order valence-electron chi connectivity index (χ0n) is 20.2. The molecule has 2 saturated carbocycles. The van der Waals surface area contributed by atoms with Gasteiger partial charge in [-0.1, -0.05) is 0 Å². The third-order valence-corrected chi connectivity index (χ3v) is 7.73. The van der Waals surface area contributed by atoms with Crippen LogP contribution < -0.4 is 21.5 Å². The Bertz CT molecular complexity index is 1080. The number of nitrogens with zero attached hydrogens (tertiary/aromatic N) is 3. The number of nitrogen functional groups attached to an aromatic ring is 1. The van der Waals surface area contributed by atoms with E-state index in [0.717, 1.165) is 40.3 Å². The molecule has 1 aromatic carbocycles. The number of ether oxygens (including phenoxy) is 1. The smallest absolute Gasteiger partial charge is 0.177 e. The summed E-state index contributed by atoms with van der Waals surface area (Å²) in [5.41, 5.74) is 16.0. The van der Waals surface area contributed by atoms with Crippen LogP contribution in [0.4, 0.5) is 17.2 Å². The zero-order valence-corrected chi connectivity index (χ0v) is 20.2. The molecular weight excluding hydrogens is 424 g/mol. The highest BCUT2D eigenvalue weighted by Crippen LogP contribution is 2.40. The number of fused-ring (bicyclic) bond motifs is 1. The molecule has 2 heterocycles. The number of rotatable bonds is 7. The van der Waals surface area contributed by atoms with Crippen LogP contribution in [-0.4, -0.2) is 27.2 Å². The van der Waals surface area contributed by atoms with E-state index in [4.69, 9.17) is 21.2 Å². The molecule has 34 heavy (non-hydrogen) atoms. The lowest BCUT2D eigenvalue weighted by Crippen LogP contribution is -2.27. The van der Waals surface area contributed by atoms with Gasteiger partial charge in [0.1, 0.15) is 11.6 Å². The predicted octanol–water partition coefficient (Wildman–Crippen LogP) is 5.64. The number of nitrogens with one attached hydrogen (secondary N) is 1. The lowest BCUT2D eigenvalue weighted by molar-refractivity contribution is 0.224. The van der Waals surface area contributed by atoms with Crippen LogP contribution in [0, 0.1) is 11.8 Å². The molecule has 2 aliphatic rings. The second kappa shape index (κ2) is 10.2. The summed E-state index contributed by atoms with van der Waals surface area (Å²) in [5, 5.41) is 7.95. The van der Waals surface area contributed by atoms with E-state index in [1.54, 1.807) is 0 Å². The summed E-state index contributed by atoms with van der Waals surface area (Å²) in [6, 6.07) is 10.2. The van der Waals surface area contributed by atoms with Crippen LogP contribution in [0.2, 0.25) is 0 Å². The molecule has 0 unspecified atom stereocenters. The molecule has 7 nitrogen and oxygen atoms in total. The van der Waals surface area contributed by atoms with Crippen molar-refractivity contribution in [2.24, 2.45) is 17.6 Å². The van der Waals surface area contributed by atoms with Crippen molar-refractivity contribution in [2.45, 2.75) is 76.7 Å². The first-order valence-electron chi connectivity index (χ1n) is 13.0. The summed E-state index contributed by atoms with van der Waals surface area (Å²) in [6.45, 7) is 2.64. The van der Waals surface area contributed by atoms with Crippen LogP contribution in [0.5, 0.6) is 5.75 Å². The molecule has 5 N–H and O–H groups in total. The number of aromatic nitrogens is 3. The molecular formula is C27H38N6O. The van der Waals surface area contributed by atoms with E-state index >= 15 is 0 Å². The van der Waals surface area contributed by atoms with Crippen LogP contribution in [0.25, 0.3) is 5.65 Å². The van der Waals surface area contributed by atoms with Crippen molar-refractivity contribution in [1.82, 2.24) is 14.6 Å². The predicted molar refractivity (Wildman–Crippen MR) is 138 cm³/mol. The summed E-state index contributed by atoms with van der Waals surface area (Å²) in [6.07, 6.45) is 13.5. The lowest BCUT2D eigenvalue weighted by Gasteiger charge is -2.33. The van der Waals surface area contributed by atoms with E-state index in [0.29, 0.717) is 24.4 Å². The number of benzene rings is 1. The van der Waals surface area contributed by atoms with Crippen LogP contribution in [-0.2, 0) is 0 Å². The minimum Gasteiger partial charge on any atom is -0.494 e. The minimum absolute atomic E-state index is 0.443. The van der Waals surface area contributed by atoms with Crippen molar-refractivity contribution in [1.29, 1.82) is 0 Å². The van der Waals surface area contributed by atoms with Crippen molar-refractivity contribution in [3.63, 3.8) is 0 Å². The van der Waals surface area contributed by atoms with E-state index in [1.807, 2.05) is 41.8 Å². The average molecular weight is 463 g/mol. The van der Waals surface area contributed by atoms with Gasteiger partial charge in [-0.25, -0.2) is 9.50 Å². The van der Waals surface area contributed by atoms with Gasteiger partial charge in [0.2, 0.25) is 0 Å². The molecule has 0 amide bonds. The molecule has 2 fully saturated rings. The molecule has 2 aromatic heterocycles. The fourth-order valence-corrected chi connectivity index (χ4v) is 5.85. The van der Waals surface area contributed by atoms with Gasteiger partial charge in [-0.2, -0.15) is 0 Å². The van der Waals surface area contributed by atoms with Gasteiger partial charge in [-0.15, -0.1) is 5.10 Å². The summed E-state index contributed by atoms with van der Waals surface area (Å²) < 4.78 is 7.38. The Morgan fingerprint density at radius 2 is 1.68 bits per heavy atom. The SMILES string of the molecule is CCOc1ccc(Nc2cc(N)nn3cc(C4CCC(CC5CCC(N)CC5)CC4)nc23)cc1. The Kier molecular flexibility index (Phi) is 6.90. The maximum Gasteiger partial charge on any atom is 0.177 e. The van der Waals surface area contributed by atoms with Crippen LogP contribution in [0.1, 0.15) is 76.3 Å². The Hall–Kier alpha value is -2.80. The van der Waals surface area contributed by atoms with Gasteiger partial charge in [0.25, 0.3) is 0 Å². The molecule has 182 valence electrons. The monoisotopic (exact) mass is 462 g/mol. The molecule has 0 atom stereocenters. The standard InChI is InChI=1S/C27H38N6O/c1-2-34-23-13-11-22(12-14-23)30-24-16-26(29)32-33-17-25(31-27(24)33)20-7-3-18(4-8-20)15-19-5-9-21(28)10-6-19/h11-14,16-21,30H,2-10,15,28H2,1H3,(H2,29,32). The highest BCUT2D eigenvalue weighted by atomic mass is 16.5. The third kappa shape index (κ3) is 5.30. The second-order valence-corrected chi connectivity index (χ2v) is 10.2. The fourth-order valence-electron chi connectivity index (χ4n) is 5.85. The van der Waals surface area contributed by atoms with E-state index < -0.39 is 0 Å². The summed E-state index contributed by atoms with van der Waals surface area (Å²) in [7, 11) is 0. The number of hydrogen-bond acceptors (Lipinski definition) is 6. The van der Waals surface area contributed by atoms with Crippen LogP contribution in [0.3, 0.4) is 0 Å². The molecule has 2 aliphatic carbocycles. The maximum absolute atomic E-state index is 6.12. The van der Waals surface area contributed by atoms with Gasteiger partial charge in [0, 0.05) is 23.7 Å². The van der Waals surface area contributed by atoms with Gasteiger partial charge in [0.15, 0.2) is 5.65 Å². The Balaban J connectivity index is 1.25. The molecule has 0 radical (unpaired) electrons. The average Bonchev–Trinajstić information content (AvgIpc) is 3.27. The van der Waals surface area contributed by atoms with Crippen molar-refractivity contribution in [3.8, 4) is 5.75 Å². The zero-order chi connectivity index (χ0) is 23.5. The Morgan fingerprint density at radius 3 is 2.35 bits per heavy atom. The quantitative estimate of drug-likeness (QED) is 0.420. The van der Waals surface area contributed by atoms with Crippen molar-refractivity contribution < 1.29 is 4.74 Å². The van der Waals surface area contributed by atoms with E-state index in [9.17, 15) is 0 Å². The first-order valence-corrected chi connectivity index (χ1v) is 13.0. The fraction of sp³-hybridized carbons (Fsp3) is 0.556. The molecule has 5 rings (SSSR count). The third-order valence-electron chi connectivity index (χ3n) is 7.73. The summed E-state index contributed by atoms with van der Waals surface area (Å²) >= 11 is 0. The first-order chi connectivity index (χ1) is 16.6. The number of anilines is 3. The summed E-state index contributed by atoms with van der Waals surface area (Å²) in [4.78, 5) is 5.01. The van der Waals surface area contributed by atoms with E-state index in [1.165, 1.54) is 57.8 Å². The van der Waals surface area contributed by atoms with Gasteiger partial charge >= 0.3 is 0 Å². The lowest BCUT2D eigenvalue weighted by atomic mass is 9.74. The highest BCUT2D eigenvalue weighted by Gasteiger charge is 2.28. The minimum atomic E-state index is 0.443. The van der Waals surface area contributed by atoms with Crippen LogP contribution in [0.15, 0.2) is 36.5 Å². The van der Waals surface area contributed by atoms with E-state index in [-0.39, 0.29) is 0 Å². The topological polar surface area (TPSA) is 103 Å². The molecule has 0 aliphatic heterocycles. The van der Waals surface area contributed by atoms with Gasteiger partial charge in [0.05, 0.1) is 24.2 Å². The van der Waals surface area contributed by atoms with Gasteiger partial charge < -0.3 is 21.5 Å².